The molecule has 0 radical (unpaired) electrons. The molecule has 1 aliphatic heterocycles. The van der Waals surface area contributed by atoms with Crippen LogP contribution in [0.25, 0.3) is 11.0 Å². The van der Waals surface area contributed by atoms with Crippen molar-refractivity contribution < 1.29 is 4.79 Å². The first kappa shape index (κ1) is 17.9. The van der Waals surface area contributed by atoms with Gasteiger partial charge in [0.15, 0.2) is 0 Å². The Balaban J connectivity index is 0.00000182. The molecule has 0 saturated heterocycles. The number of anilines is 1. The lowest BCUT2D eigenvalue weighted by atomic mass is 10.1. The number of halogens is 3. The van der Waals surface area contributed by atoms with E-state index in [2.05, 4.69) is 15.3 Å². The lowest BCUT2D eigenvalue weighted by Gasteiger charge is -2.27. The molecule has 2 N–H and O–H groups in total. The van der Waals surface area contributed by atoms with Crippen molar-refractivity contribution in [2.45, 2.75) is 13.0 Å². The highest BCUT2D eigenvalue weighted by atomic mass is 35.5. The molecule has 2 amide bonds. The lowest BCUT2D eigenvalue weighted by Crippen LogP contribution is -2.38. The van der Waals surface area contributed by atoms with Gasteiger partial charge in [-0.25, -0.2) is 9.78 Å². The molecule has 0 bridgehead atoms. The van der Waals surface area contributed by atoms with Gasteiger partial charge in [-0.3, -0.25) is 0 Å². The van der Waals surface area contributed by atoms with Gasteiger partial charge in [-0.15, -0.1) is 12.4 Å². The van der Waals surface area contributed by atoms with Crippen LogP contribution in [0.5, 0.6) is 0 Å². The van der Waals surface area contributed by atoms with Crippen molar-refractivity contribution in [1.82, 2.24) is 14.9 Å². The number of rotatable bonds is 1. The van der Waals surface area contributed by atoms with Gasteiger partial charge in [-0.2, -0.15) is 0 Å². The van der Waals surface area contributed by atoms with Gasteiger partial charge >= 0.3 is 6.03 Å². The van der Waals surface area contributed by atoms with Crippen LogP contribution in [0.4, 0.5) is 10.5 Å². The second kappa shape index (κ2) is 7.12. The number of hydrogen-bond acceptors (Lipinski definition) is 2. The van der Waals surface area contributed by atoms with Crippen LogP contribution in [0, 0.1) is 0 Å². The molecule has 1 aromatic carbocycles. The molecule has 0 spiro atoms. The summed E-state index contributed by atoms with van der Waals surface area (Å²) in [7, 11) is 0. The molecule has 0 fully saturated rings. The Morgan fingerprint density at radius 2 is 1.96 bits per heavy atom. The largest absolute Gasteiger partial charge is 0.343 e. The number of aromatic nitrogens is 2. The van der Waals surface area contributed by atoms with Crippen LogP contribution < -0.4 is 5.32 Å². The molecular weight excluding hydrogens is 383 g/mol. The highest BCUT2D eigenvalue weighted by Crippen LogP contribution is 2.28. The zero-order valence-electron chi connectivity index (χ0n) is 13.1. The Bertz CT molecular complexity index is 924. The van der Waals surface area contributed by atoms with Crippen molar-refractivity contribution in [3.8, 4) is 0 Å². The fourth-order valence-electron chi connectivity index (χ4n) is 2.97. The first-order valence-corrected chi connectivity index (χ1v) is 8.32. The third kappa shape index (κ3) is 3.54. The average molecular weight is 398 g/mol. The van der Waals surface area contributed by atoms with Crippen molar-refractivity contribution >= 4 is 58.4 Å². The summed E-state index contributed by atoms with van der Waals surface area (Å²) >= 11 is 11.9. The number of H-pyrrole nitrogens is 1. The second-order valence-electron chi connectivity index (χ2n) is 5.74. The number of carbonyl (C=O) groups excluding carboxylic acids is 1. The number of urea groups is 1. The highest BCUT2D eigenvalue weighted by Gasteiger charge is 2.24. The predicted octanol–water partition coefficient (Wildman–Crippen LogP) is 4.88. The molecule has 1 aliphatic rings. The van der Waals surface area contributed by atoms with E-state index in [1.807, 2.05) is 6.07 Å². The molecule has 3 heterocycles. The minimum atomic E-state index is -0.132. The van der Waals surface area contributed by atoms with E-state index in [1.165, 1.54) is 0 Å². The summed E-state index contributed by atoms with van der Waals surface area (Å²) in [6.45, 7) is 1.17. The van der Waals surface area contributed by atoms with Crippen LogP contribution in [0.2, 0.25) is 10.0 Å². The third-order valence-electron chi connectivity index (χ3n) is 4.18. The fourth-order valence-corrected chi connectivity index (χ4v) is 3.25. The van der Waals surface area contributed by atoms with Crippen molar-refractivity contribution in [3.63, 3.8) is 0 Å². The molecule has 3 aromatic rings. The van der Waals surface area contributed by atoms with Crippen molar-refractivity contribution in [2.75, 3.05) is 11.9 Å². The summed E-state index contributed by atoms with van der Waals surface area (Å²) in [5.74, 6) is 0. The van der Waals surface area contributed by atoms with Gasteiger partial charge in [-0.1, -0.05) is 23.2 Å². The average Bonchev–Trinajstić information content (AvgIpc) is 2.94. The number of fused-ring (bicyclic) bond motifs is 3. The van der Waals surface area contributed by atoms with Crippen LogP contribution >= 0.6 is 35.6 Å². The van der Waals surface area contributed by atoms with E-state index in [9.17, 15) is 4.79 Å². The SMILES string of the molecule is Cl.O=C(Nc1ccc(Cl)cc1)N1CCc2[nH]c3ncc(Cl)cc3c2C1. The molecule has 0 unspecified atom stereocenters. The number of pyridine rings is 1. The summed E-state index contributed by atoms with van der Waals surface area (Å²) in [5, 5.41) is 5.10. The zero-order valence-corrected chi connectivity index (χ0v) is 15.4. The molecule has 2 aromatic heterocycles. The van der Waals surface area contributed by atoms with E-state index >= 15 is 0 Å². The number of nitrogens with one attached hydrogen (secondary N) is 2. The summed E-state index contributed by atoms with van der Waals surface area (Å²) in [6.07, 6.45) is 2.38. The van der Waals surface area contributed by atoms with E-state index in [1.54, 1.807) is 35.4 Å². The van der Waals surface area contributed by atoms with Crippen LogP contribution in [-0.4, -0.2) is 27.4 Å². The van der Waals surface area contributed by atoms with E-state index in [4.69, 9.17) is 23.2 Å². The summed E-state index contributed by atoms with van der Waals surface area (Å²) in [6, 6.07) is 8.82. The summed E-state index contributed by atoms with van der Waals surface area (Å²) in [4.78, 5) is 21.9. The Kier molecular flexibility index (Phi) is 5.08. The number of hydrogen-bond donors (Lipinski definition) is 2. The third-order valence-corrected chi connectivity index (χ3v) is 4.64. The van der Waals surface area contributed by atoms with Gasteiger partial charge < -0.3 is 15.2 Å². The monoisotopic (exact) mass is 396 g/mol. The molecular formula is C17H15Cl3N4O. The number of aromatic amines is 1. The quantitative estimate of drug-likeness (QED) is 0.614. The van der Waals surface area contributed by atoms with Crippen LogP contribution in [0.1, 0.15) is 11.3 Å². The van der Waals surface area contributed by atoms with Crippen LogP contribution in [0.15, 0.2) is 36.5 Å². The lowest BCUT2D eigenvalue weighted by molar-refractivity contribution is 0.206. The Morgan fingerprint density at radius 3 is 2.72 bits per heavy atom. The van der Waals surface area contributed by atoms with Crippen molar-refractivity contribution in [3.05, 3.63) is 57.8 Å². The number of carbonyl (C=O) groups is 1. The smallest absolute Gasteiger partial charge is 0.322 e. The first-order valence-electron chi connectivity index (χ1n) is 7.56. The van der Waals surface area contributed by atoms with E-state index < -0.39 is 0 Å². The molecule has 25 heavy (non-hydrogen) atoms. The van der Waals surface area contributed by atoms with Crippen LogP contribution in [0.3, 0.4) is 0 Å². The second-order valence-corrected chi connectivity index (χ2v) is 6.61. The maximum absolute atomic E-state index is 12.5. The molecule has 0 atom stereocenters. The minimum absolute atomic E-state index is 0. The molecule has 4 rings (SSSR count). The van der Waals surface area contributed by atoms with Gasteiger partial charge in [0.25, 0.3) is 0 Å². The van der Waals surface area contributed by atoms with Gasteiger partial charge in [0.2, 0.25) is 0 Å². The molecule has 5 nitrogen and oxygen atoms in total. The number of benzene rings is 1. The van der Waals surface area contributed by atoms with Gasteiger partial charge in [0.1, 0.15) is 5.65 Å². The summed E-state index contributed by atoms with van der Waals surface area (Å²) < 4.78 is 0. The first-order chi connectivity index (χ1) is 11.6. The molecule has 8 heteroatoms. The fraction of sp³-hybridized carbons (Fsp3) is 0.176. The number of nitrogens with zero attached hydrogens (tertiary/aromatic N) is 2. The maximum Gasteiger partial charge on any atom is 0.322 e. The van der Waals surface area contributed by atoms with E-state index in [0.717, 1.165) is 34.4 Å². The zero-order chi connectivity index (χ0) is 16.7. The minimum Gasteiger partial charge on any atom is -0.343 e. The standard InChI is InChI=1S/C17H14Cl2N4O.ClH/c18-10-1-3-12(4-2-10)21-17(24)23-6-5-15-14(9-23)13-7-11(19)8-20-16(13)22-15;/h1-4,7-8H,5-6,9H2,(H,20,22)(H,21,24);1H. The van der Waals surface area contributed by atoms with Crippen molar-refractivity contribution in [2.24, 2.45) is 0 Å². The molecule has 0 aliphatic carbocycles. The maximum atomic E-state index is 12.5. The van der Waals surface area contributed by atoms with Crippen LogP contribution in [-0.2, 0) is 13.0 Å². The Hall–Kier alpha value is -1.95. The Labute approximate surface area is 160 Å². The molecule has 0 saturated carbocycles. The predicted molar refractivity (Wildman–Crippen MR) is 103 cm³/mol. The highest BCUT2D eigenvalue weighted by molar-refractivity contribution is 6.31. The van der Waals surface area contributed by atoms with Crippen molar-refractivity contribution in [1.29, 1.82) is 0 Å². The van der Waals surface area contributed by atoms with E-state index in [0.29, 0.717) is 23.1 Å². The van der Waals surface area contributed by atoms with E-state index in [-0.39, 0.29) is 18.4 Å². The normalized spacial score (nSPS) is 13.3. The van der Waals surface area contributed by atoms with Gasteiger partial charge in [0, 0.05) is 53.1 Å². The van der Waals surface area contributed by atoms with Gasteiger partial charge in [0.05, 0.1) is 5.02 Å². The number of amides is 2. The van der Waals surface area contributed by atoms with Gasteiger partial charge in [-0.05, 0) is 30.3 Å². The Morgan fingerprint density at radius 1 is 1.20 bits per heavy atom. The topological polar surface area (TPSA) is 61.0 Å². The summed E-state index contributed by atoms with van der Waals surface area (Å²) in [5.41, 5.74) is 3.73. The molecule has 130 valence electrons.